The Bertz CT molecular complexity index is 1550. The van der Waals surface area contributed by atoms with E-state index in [2.05, 4.69) is 20.5 Å². The van der Waals surface area contributed by atoms with Crippen LogP contribution in [-0.2, 0) is 11.3 Å². The molecule has 178 valence electrons. The van der Waals surface area contributed by atoms with Gasteiger partial charge in [0.05, 0.1) is 10.2 Å². The molecule has 1 saturated heterocycles. The smallest absolute Gasteiger partial charge is 0.319 e. The quantitative estimate of drug-likeness (QED) is 0.332. The highest BCUT2D eigenvalue weighted by molar-refractivity contribution is 7.20. The number of carbonyl (C=O) groups excluding carboxylic acids is 2. The van der Waals surface area contributed by atoms with E-state index in [4.69, 9.17) is 4.42 Å². The molecule has 9 heteroatoms. The Kier molecular flexibility index (Phi) is 5.74. The van der Waals surface area contributed by atoms with Crippen LogP contribution >= 0.6 is 11.3 Å². The van der Waals surface area contributed by atoms with E-state index in [1.165, 1.54) is 11.3 Å². The fraction of sp³-hybridized carbons (Fsp3) is 0.148. The number of nitrogens with zero attached hydrogens (tertiary/aromatic N) is 4. The Balaban J connectivity index is 1.29. The van der Waals surface area contributed by atoms with Crippen molar-refractivity contribution in [3.05, 3.63) is 95.3 Å². The van der Waals surface area contributed by atoms with Crippen LogP contribution in [0.2, 0.25) is 0 Å². The number of fused-ring (bicyclic) bond motifs is 1. The van der Waals surface area contributed by atoms with Crippen molar-refractivity contribution >= 4 is 39.3 Å². The standard InChI is InChI=1S/C27H21N5O3S/c33-23(26-29-20-12-11-19(15-22(20)36-26)18-9-5-2-6-10-18)25-30-31-27(35-25)32(21-13-14-28-24(21)34)16-17-7-3-1-4-8-17/h1-12,15,21H,13-14,16H2,(H,28,34)/t21-/m0/s1. The Labute approximate surface area is 210 Å². The van der Waals surface area contributed by atoms with Crippen molar-refractivity contribution < 1.29 is 14.0 Å². The zero-order valence-electron chi connectivity index (χ0n) is 19.1. The maximum atomic E-state index is 13.2. The van der Waals surface area contributed by atoms with Gasteiger partial charge in [0.1, 0.15) is 6.04 Å². The van der Waals surface area contributed by atoms with E-state index in [1.54, 1.807) is 4.90 Å². The summed E-state index contributed by atoms with van der Waals surface area (Å²) in [6.07, 6.45) is 0.610. The maximum absolute atomic E-state index is 13.2. The molecule has 36 heavy (non-hydrogen) atoms. The van der Waals surface area contributed by atoms with Crippen LogP contribution in [0, 0.1) is 0 Å². The summed E-state index contributed by atoms with van der Waals surface area (Å²) in [6.45, 7) is 0.976. The summed E-state index contributed by atoms with van der Waals surface area (Å²) in [5.74, 6) is -0.687. The van der Waals surface area contributed by atoms with Gasteiger partial charge in [0.2, 0.25) is 5.91 Å². The van der Waals surface area contributed by atoms with Crippen LogP contribution in [0.15, 0.2) is 83.3 Å². The van der Waals surface area contributed by atoms with Crippen molar-refractivity contribution in [1.29, 1.82) is 0 Å². The normalized spacial score (nSPS) is 15.2. The number of nitrogens with one attached hydrogen (secondary N) is 1. The number of hydrogen-bond acceptors (Lipinski definition) is 8. The molecule has 0 radical (unpaired) electrons. The largest absolute Gasteiger partial charge is 0.400 e. The number of benzene rings is 3. The first-order valence-electron chi connectivity index (χ1n) is 11.6. The Morgan fingerprint density at radius 2 is 1.78 bits per heavy atom. The van der Waals surface area contributed by atoms with Gasteiger partial charge in [0.15, 0.2) is 5.01 Å². The number of anilines is 1. The molecule has 0 spiro atoms. The number of carbonyl (C=O) groups is 2. The molecule has 0 bridgehead atoms. The van der Waals surface area contributed by atoms with Crippen molar-refractivity contribution in [1.82, 2.24) is 20.5 Å². The third kappa shape index (κ3) is 4.25. The minimum atomic E-state index is -0.451. The Hall–Kier alpha value is -4.37. The van der Waals surface area contributed by atoms with Gasteiger partial charge in [-0.1, -0.05) is 71.8 Å². The monoisotopic (exact) mass is 495 g/mol. The first-order chi connectivity index (χ1) is 17.7. The highest BCUT2D eigenvalue weighted by Crippen LogP contribution is 2.30. The molecule has 3 aromatic carbocycles. The van der Waals surface area contributed by atoms with Crippen molar-refractivity contribution in [3.63, 3.8) is 0 Å². The van der Waals surface area contributed by atoms with Crippen LogP contribution in [0.5, 0.6) is 0 Å². The van der Waals surface area contributed by atoms with Crippen LogP contribution < -0.4 is 10.2 Å². The third-order valence-corrected chi connectivity index (χ3v) is 7.15. The summed E-state index contributed by atoms with van der Waals surface area (Å²) in [7, 11) is 0. The predicted molar refractivity (Wildman–Crippen MR) is 137 cm³/mol. The van der Waals surface area contributed by atoms with Crippen LogP contribution in [0.25, 0.3) is 21.3 Å². The molecule has 0 saturated carbocycles. The van der Waals surface area contributed by atoms with Gasteiger partial charge in [-0.3, -0.25) is 9.59 Å². The molecular formula is C27H21N5O3S. The maximum Gasteiger partial charge on any atom is 0.319 e. The summed E-state index contributed by atoms with van der Waals surface area (Å²) in [4.78, 5) is 31.9. The lowest BCUT2D eigenvalue weighted by Crippen LogP contribution is -2.40. The van der Waals surface area contributed by atoms with Gasteiger partial charge in [-0.05, 0) is 35.2 Å². The number of amides is 1. The first kappa shape index (κ1) is 22.1. The fourth-order valence-corrected chi connectivity index (χ4v) is 5.25. The van der Waals surface area contributed by atoms with Gasteiger partial charge in [0, 0.05) is 13.1 Å². The van der Waals surface area contributed by atoms with E-state index in [1.807, 2.05) is 78.9 Å². The average molecular weight is 496 g/mol. The fourth-order valence-electron chi connectivity index (χ4n) is 4.32. The zero-order valence-corrected chi connectivity index (χ0v) is 19.9. The highest BCUT2D eigenvalue weighted by Gasteiger charge is 2.34. The topological polar surface area (TPSA) is 101 Å². The molecule has 1 fully saturated rings. The molecule has 1 N–H and O–H groups in total. The third-order valence-electron chi connectivity index (χ3n) is 6.14. The predicted octanol–water partition coefficient (Wildman–Crippen LogP) is 4.47. The van der Waals surface area contributed by atoms with Gasteiger partial charge in [0.25, 0.3) is 11.7 Å². The summed E-state index contributed by atoms with van der Waals surface area (Å²) in [5.41, 5.74) is 3.87. The number of rotatable bonds is 7. The number of thiazole rings is 1. The van der Waals surface area contributed by atoms with Gasteiger partial charge < -0.3 is 14.6 Å². The van der Waals surface area contributed by atoms with Crippen LogP contribution in [0.3, 0.4) is 0 Å². The molecule has 1 atom stereocenters. The lowest BCUT2D eigenvalue weighted by molar-refractivity contribution is -0.120. The summed E-state index contributed by atoms with van der Waals surface area (Å²) < 4.78 is 6.72. The van der Waals surface area contributed by atoms with Crippen LogP contribution in [-0.4, -0.2) is 39.5 Å². The molecule has 0 aliphatic carbocycles. The van der Waals surface area contributed by atoms with E-state index in [0.717, 1.165) is 26.9 Å². The van der Waals surface area contributed by atoms with E-state index in [0.29, 0.717) is 19.5 Å². The van der Waals surface area contributed by atoms with Crippen LogP contribution in [0.1, 0.15) is 27.7 Å². The zero-order chi connectivity index (χ0) is 24.5. The summed E-state index contributed by atoms with van der Waals surface area (Å²) >= 11 is 1.29. The van der Waals surface area contributed by atoms with Gasteiger partial charge >= 0.3 is 6.01 Å². The molecule has 1 aliphatic heterocycles. The second-order valence-electron chi connectivity index (χ2n) is 8.50. The minimum absolute atomic E-state index is 0.0996. The van der Waals surface area contributed by atoms with E-state index in [-0.39, 0.29) is 22.8 Å². The van der Waals surface area contributed by atoms with E-state index < -0.39 is 11.8 Å². The molecule has 3 heterocycles. The number of hydrogen-bond donors (Lipinski definition) is 1. The van der Waals surface area contributed by atoms with E-state index in [9.17, 15) is 9.59 Å². The van der Waals surface area contributed by atoms with Crippen molar-refractivity contribution in [2.75, 3.05) is 11.4 Å². The van der Waals surface area contributed by atoms with Crippen molar-refractivity contribution in [2.24, 2.45) is 0 Å². The van der Waals surface area contributed by atoms with E-state index >= 15 is 0 Å². The van der Waals surface area contributed by atoms with Gasteiger partial charge in [-0.25, -0.2) is 4.98 Å². The second-order valence-corrected chi connectivity index (χ2v) is 9.53. The molecular weight excluding hydrogens is 474 g/mol. The average Bonchev–Trinajstić information content (AvgIpc) is 3.67. The van der Waals surface area contributed by atoms with Gasteiger partial charge in [-0.2, -0.15) is 0 Å². The summed E-state index contributed by atoms with van der Waals surface area (Å²) in [6, 6.07) is 25.4. The molecule has 2 aromatic heterocycles. The van der Waals surface area contributed by atoms with Crippen LogP contribution in [0.4, 0.5) is 6.01 Å². The van der Waals surface area contributed by atoms with Crippen molar-refractivity contribution in [3.8, 4) is 11.1 Å². The molecule has 8 nitrogen and oxygen atoms in total. The Morgan fingerprint density at radius 3 is 2.53 bits per heavy atom. The molecule has 6 rings (SSSR count). The lowest BCUT2D eigenvalue weighted by Gasteiger charge is -2.25. The minimum Gasteiger partial charge on any atom is -0.400 e. The first-order valence-corrected chi connectivity index (χ1v) is 12.4. The van der Waals surface area contributed by atoms with Crippen molar-refractivity contribution in [2.45, 2.75) is 19.0 Å². The lowest BCUT2D eigenvalue weighted by atomic mass is 10.1. The second kappa shape index (κ2) is 9.35. The molecule has 1 amide bonds. The Morgan fingerprint density at radius 1 is 1.00 bits per heavy atom. The molecule has 0 unspecified atom stereocenters. The molecule has 1 aliphatic rings. The number of aromatic nitrogens is 3. The molecule has 5 aromatic rings. The summed E-state index contributed by atoms with van der Waals surface area (Å²) in [5, 5.41) is 11.3. The number of ketones is 1. The highest BCUT2D eigenvalue weighted by atomic mass is 32.1. The SMILES string of the molecule is O=C(c1nnc(N(Cc2ccccc2)[C@H]2CCNC2=O)o1)c1nc2ccc(-c3ccccc3)cc2s1. The van der Waals surface area contributed by atoms with Gasteiger partial charge in [-0.15, -0.1) is 16.4 Å².